The van der Waals surface area contributed by atoms with Crippen molar-refractivity contribution in [3.63, 3.8) is 0 Å². The van der Waals surface area contributed by atoms with E-state index in [4.69, 9.17) is 23.7 Å². The van der Waals surface area contributed by atoms with E-state index in [1.807, 2.05) is 19.2 Å². The molecule has 2 bridgehead atoms. The van der Waals surface area contributed by atoms with Crippen LogP contribution >= 0.6 is 0 Å². The van der Waals surface area contributed by atoms with E-state index in [0.717, 1.165) is 17.7 Å². The van der Waals surface area contributed by atoms with E-state index in [-0.39, 0.29) is 18.2 Å². The van der Waals surface area contributed by atoms with Crippen LogP contribution in [0, 0.1) is 0 Å². The van der Waals surface area contributed by atoms with Crippen LogP contribution < -0.4 is 9.47 Å². The monoisotopic (exact) mass is 563 g/mol. The van der Waals surface area contributed by atoms with E-state index < -0.39 is 47.2 Å². The second kappa shape index (κ2) is 9.88. The van der Waals surface area contributed by atoms with Crippen LogP contribution in [-0.4, -0.2) is 72.5 Å². The third kappa shape index (κ3) is 4.03. The molecule has 2 aromatic rings. The van der Waals surface area contributed by atoms with E-state index in [9.17, 15) is 19.5 Å². The van der Waals surface area contributed by atoms with Crippen LogP contribution in [0.15, 0.2) is 54.3 Å². The minimum Gasteiger partial charge on any atom is -0.493 e. The van der Waals surface area contributed by atoms with Crippen LogP contribution in [0.3, 0.4) is 0 Å². The zero-order valence-electron chi connectivity index (χ0n) is 23.4. The van der Waals surface area contributed by atoms with Crippen LogP contribution in [-0.2, 0) is 40.4 Å². The van der Waals surface area contributed by atoms with Gasteiger partial charge in [-0.05, 0) is 51.1 Å². The first-order chi connectivity index (χ1) is 19.6. The van der Waals surface area contributed by atoms with Crippen LogP contribution in [0.25, 0.3) is 0 Å². The number of carbonyl (C=O) groups is 3. The lowest BCUT2D eigenvalue weighted by Crippen LogP contribution is -2.74. The summed E-state index contributed by atoms with van der Waals surface area (Å²) in [6.07, 6.45) is -0.189. The molecule has 0 aromatic heterocycles. The van der Waals surface area contributed by atoms with Crippen molar-refractivity contribution >= 4 is 17.9 Å². The Hall–Kier alpha value is -3.89. The maximum atomic E-state index is 13.3. The van der Waals surface area contributed by atoms with Crippen molar-refractivity contribution in [3.8, 4) is 11.5 Å². The highest BCUT2D eigenvalue weighted by Gasteiger charge is 2.72. The SMILES string of the molecule is COc1ccc2c3c1O[C@H]1C(OC(=O)[C@H](C)OC(=O)[C@@H](OC(C)=O)c4ccccc4)=CC[C@@]4(O)[C@@H](C2)N(C)CC[C@]314. The van der Waals surface area contributed by atoms with Gasteiger partial charge in [0.05, 0.1) is 18.1 Å². The Labute approximate surface area is 237 Å². The summed E-state index contributed by atoms with van der Waals surface area (Å²) in [4.78, 5) is 40.1. The van der Waals surface area contributed by atoms with Gasteiger partial charge in [-0.1, -0.05) is 36.4 Å². The maximum Gasteiger partial charge on any atom is 0.353 e. The molecule has 6 atom stereocenters. The normalized spacial score (nSPS) is 28.8. The van der Waals surface area contributed by atoms with Gasteiger partial charge in [0.1, 0.15) is 5.76 Å². The molecule has 1 saturated heterocycles. The standard InChI is InChI=1S/C31H33NO9/c1-17(38-29(35)25(39-18(2)33)19-8-6-5-7-9-19)28(34)40-22-12-13-31(36)23-16-20-10-11-21(37-4)26-24(20)30(31,27(22)41-26)14-15-32(23)3/h5-12,17,23,25,27,36H,13-16H2,1-4H3/t17-,23+,25-,27-,30-,31+/m0/s1. The first-order valence-electron chi connectivity index (χ1n) is 13.7. The lowest BCUT2D eigenvalue weighted by atomic mass is 9.50. The highest BCUT2D eigenvalue weighted by Crippen LogP contribution is 2.65. The molecule has 2 aliphatic heterocycles. The van der Waals surface area contributed by atoms with Crippen LogP contribution in [0.2, 0.25) is 0 Å². The first-order valence-corrected chi connectivity index (χ1v) is 13.7. The van der Waals surface area contributed by atoms with Crippen LogP contribution in [0.1, 0.15) is 49.5 Å². The summed E-state index contributed by atoms with van der Waals surface area (Å²) in [6, 6.07) is 12.2. The zero-order valence-corrected chi connectivity index (χ0v) is 23.4. The van der Waals surface area contributed by atoms with Crippen molar-refractivity contribution in [2.75, 3.05) is 20.7 Å². The number of carbonyl (C=O) groups excluding carboxylic acids is 3. The van der Waals surface area contributed by atoms with E-state index in [1.165, 1.54) is 13.8 Å². The van der Waals surface area contributed by atoms with Gasteiger partial charge in [-0.2, -0.15) is 0 Å². The fourth-order valence-corrected chi connectivity index (χ4v) is 7.12. The number of likely N-dealkylation sites (tertiary alicyclic amines) is 1. The van der Waals surface area contributed by atoms with E-state index in [1.54, 1.807) is 43.5 Å². The van der Waals surface area contributed by atoms with Crippen LogP contribution in [0.4, 0.5) is 0 Å². The number of hydrogen-bond acceptors (Lipinski definition) is 10. The van der Waals surface area contributed by atoms with Gasteiger partial charge in [0.15, 0.2) is 23.7 Å². The van der Waals surface area contributed by atoms with E-state index >= 15 is 0 Å². The molecule has 4 aliphatic rings. The van der Waals surface area contributed by atoms with Gasteiger partial charge in [0, 0.05) is 30.5 Å². The van der Waals surface area contributed by atoms with Gasteiger partial charge >= 0.3 is 17.9 Å². The number of aliphatic hydroxyl groups is 1. The molecule has 2 heterocycles. The Kier molecular flexibility index (Phi) is 6.58. The molecule has 1 fully saturated rings. The molecule has 0 unspecified atom stereocenters. The minimum absolute atomic E-state index is 0.140. The average Bonchev–Trinajstić information content (AvgIpc) is 3.31. The van der Waals surface area contributed by atoms with E-state index in [2.05, 4.69) is 4.90 Å². The summed E-state index contributed by atoms with van der Waals surface area (Å²) in [5.41, 5.74) is 0.437. The molecule has 216 valence electrons. The number of methoxy groups -OCH3 is 1. The van der Waals surface area contributed by atoms with Crippen molar-refractivity contribution in [2.24, 2.45) is 0 Å². The lowest BCUT2D eigenvalue weighted by Gasteiger charge is -2.61. The molecule has 10 heteroatoms. The molecule has 1 N–H and O–H groups in total. The maximum absolute atomic E-state index is 13.3. The number of hydrogen-bond donors (Lipinski definition) is 1. The van der Waals surface area contributed by atoms with Crippen LogP contribution in [0.5, 0.6) is 11.5 Å². The average molecular weight is 564 g/mol. The second-order valence-corrected chi connectivity index (χ2v) is 11.2. The Bertz CT molecular complexity index is 1440. The molecule has 0 radical (unpaired) electrons. The zero-order chi connectivity index (χ0) is 29.1. The Balaban J connectivity index is 1.27. The fraction of sp³-hybridized carbons (Fsp3) is 0.452. The predicted octanol–water partition coefficient (Wildman–Crippen LogP) is 2.75. The number of esters is 3. The molecule has 10 nitrogen and oxygen atoms in total. The summed E-state index contributed by atoms with van der Waals surface area (Å²) >= 11 is 0. The van der Waals surface area contributed by atoms with Crippen molar-refractivity contribution in [2.45, 2.75) is 68.5 Å². The summed E-state index contributed by atoms with van der Waals surface area (Å²) in [5, 5.41) is 12.3. The van der Waals surface area contributed by atoms with Gasteiger partial charge in [-0.3, -0.25) is 4.79 Å². The van der Waals surface area contributed by atoms with Gasteiger partial charge in [0.2, 0.25) is 6.10 Å². The van der Waals surface area contributed by atoms with E-state index in [0.29, 0.717) is 29.9 Å². The summed E-state index contributed by atoms with van der Waals surface area (Å²) < 4.78 is 28.6. The number of rotatable bonds is 7. The fourth-order valence-electron chi connectivity index (χ4n) is 7.12. The molecule has 6 rings (SSSR count). The molecule has 2 aromatic carbocycles. The second-order valence-electron chi connectivity index (χ2n) is 11.2. The van der Waals surface area contributed by atoms with Gasteiger partial charge in [-0.15, -0.1) is 0 Å². The lowest BCUT2D eigenvalue weighted by molar-refractivity contribution is -0.180. The topological polar surface area (TPSA) is 121 Å². The number of likely N-dealkylation sites (N-methyl/N-ethyl adjacent to an activating group) is 1. The third-order valence-corrected chi connectivity index (χ3v) is 9.00. The Morgan fingerprint density at radius 3 is 2.56 bits per heavy atom. The van der Waals surface area contributed by atoms with Crippen molar-refractivity contribution in [1.29, 1.82) is 0 Å². The highest BCUT2D eigenvalue weighted by molar-refractivity contribution is 5.84. The largest absolute Gasteiger partial charge is 0.493 e. The molecule has 1 spiro atoms. The number of nitrogens with zero attached hydrogens (tertiary/aromatic N) is 1. The van der Waals surface area contributed by atoms with Gasteiger partial charge in [-0.25, -0.2) is 9.59 Å². The molecular weight excluding hydrogens is 530 g/mol. The van der Waals surface area contributed by atoms with Gasteiger partial charge in [0.25, 0.3) is 0 Å². The molecule has 2 aliphatic carbocycles. The van der Waals surface area contributed by atoms with Crippen molar-refractivity contribution < 1.29 is 43.2 Å². The Morgan fingerprint density at radius 2 is 1.85 bits per heavy atom. The first kappa shape index (κ1) is 27.3. The molecule has 41 heavy (non-hydrogen) atoms. The number of piperidine rings is 1. The Morgan fingerprint density at radius 1 is 1.10 bits per heavy atom. The molecule has 0 amide bonds. The smallest absolute Gasteiger partial charge is 0.353 e. The quantitative estimate of drug-likeness (QED) is 0.398. The molecule has 0 saturated carbocycles. The minimum atomic E-state index is -1.33. The summed E-state index contributed by atoms with van der Waals surface area (Å²) in [7, 11) is 3.59. The van der Waals surface area contributed by atoms with Crippen molar-refractivity contribution in [1.82, 2.24) is 4.90 Å². The number of benzene rings is 2. The van der Waals surface area contributed by atoms with Gasteiger partial charge < -0.3 is 33.7 Å². The summed E-state index contributed by atoms with van der Waals surface area (Å²) in [6.45, 7) is 3.32. The summed E-state index contributed by atoms with van der Waals surface area (Å²) in [5.74, 6) is -0.998. The third-order valence-electron chi connectivity index (χ3n) is 9.00. The number of ether oxygens (including phenoxy) is 5. The predicted molar refractivity (Wildman–Crippen MR) is 144 cm³/mol. The highest BCUT2D eigenvalue weighted by atomic mass is 16.6. The molecular formula is C31H33NO9. The van der Waals surface area contributed by atoms with Crippen molar-refractivity contribution in [3.05, 3.63) is 71.0 Å².